The first-order valence-electron chi connectivity index (χ1n) is 7.11. The van der Waals surface area contributed by atoms with E-state index in [2.05, 4.69) is 14.9 Å². The van der Waals surface area contributed by atoms with Gasteiger partial charge in [-0.1, -0.05) is 12.1 Å². The molecule has 0 spiro atoms. The summed E-state index contributed by atoms with van der Waals surface area (Å²) in [6.07, 6.45) is 1.06. The van der Waals surface area contributed by atoms with Gasteiger partial charge in [0.25, 0.3) is 5.91 Å². The minimum absolute atomic E-state index is 0.286. The van der Waals surface area contributed by atoms with Gasteiger partial charge in [-0.2, -0.15) is 0 Å². The molecule has 0 bridgehead atoms. The third-order valence-electron chi connectivity index (χ3n) is 3.28. The van der Waals surface area contributed by atoms with Gasteiger partial charge in [-0.05, 0) is 12.1 Å². The van der Waals surface area contributed by atoms with Crippen molar-refractivity contribution in [1.82, 2.24) is 10.2 Å². The summed E-state index contributed by atoms with van der Waals surface area (Å²) in [5.41, 5.74) is 0.601. The number of para-hydroxylation sites is 1. The van der Waals surface area contributed by atoms with E-state index in [1.165, 1.54) is 0 Å². The second-order valence-electron chi connectivity index (χ2n) is 5.13. The van der Waals surface area contributed by atoms with Crippen molar-refractivity contribution in [3.05, 3.63) is 29.8 Å². The van der Waals surface area contributed by atoms with Gasteiger partial charge in [0.1, 0.15) is 0 Å². The molecule has 2 N–H and O–H groups in total. The Morgan fingerprint density at radius 3 is 2.64 bits per heavy atom. The summed E-state index contributed by atoms with van der Waals surface area (Å²) in [7, 11) is -3.42. The van der Waals surface area contributed by atoms with Crippen LogP contribution in [0.25, 0.3) is 0 Å². The van der Waals surface area contributed by atoms with Gasteiger partial charge in [0.05, 0.1) is 30.7 Å². The molecule has 7 nitrogen and oxygen atoms in total. The summed E-state index contributed by atoms with van der Waals surface area (Å²) in [4.78, 5) is 14.4. The Labute approximate surface area is 130 Å². The summed E-state index contributed by atoms with van der Waals surface area (Å²) in [5, 5.41) is 2.82. The average molecular weight is 327 g/mol. The highest BCUT2D eigenvalue weighted by atomic mass is 32.2. The second-order valence-corrected chi connectivity index (χ2v) is 6.88. The van der Waals surface area contributed by atoms with Crippen LogP contribution >= 0.6 is 0 Å². The van der Waals surface area contributed by atoms with E-state index in [-0.39, 0.29) is 11.6 Å². The number of carbonyl (C=O) groups is 1. The number of carbonyl (C=O) groups excluding carboxylic acids is 1. The van der Waals surface area contributed by atoms with Gasteiger partial charge in [0.15, 0.2) is 0 Å². The van der Waals surface area contributed by atoms with E-state index in [0.717, 1.165) is 39.1 Å². The lowest BCUT2D eigenvalue weighted by Crippen LogP contribution is -2.41. The van der Waals surface area contributed by atoms with Crippen LogP contribution in [0.1, 0.15) is 10.4 Å². The highest BCUT2D eigenvalue weighted by Gasteiger charge is 2.14. The third-order valence-corrected chi connectivity index (χ3v) is 3.88. The van der Waals surface area contributed by atoms with Crippen molar-refractivity contribution in [3.8, 4) is 0 Å². The predicted molar refractivity (Wildman–Crippen MR) is 84.5 cm³/mol. The van der Waals surface area contributed by atoms with Gasteiger partial charge >= 0.3 is 0 Å². The van der Waals surface area contributed by atoms with Crippen LogP contribution in [-0.2, 0) is 14.8 Å². The number of hydrogen-bond donors (Lipinski definition) is 2. The molecule has 0 unspecified atom stereocenters. The molecule has 2 rings (SSSR count). The van der Waals surface area contributed by atoms with E-state index in [0.29, 0.717) is 12.1 Å². The van der Waals surface area contributed by atoms with Gasteiger partial charge in [-0.3, -0.25) is 14.4 Å². The Morgan fingerprint density at radius 1 is 1.27 bits per heavy atom. The fraction of sp³-hybridized carbons (Fsp3) is 0.500. The number of nitrogens with one attached hydrogen (secondary N) is 2. The first-order valence-corrected chi connectivity index (χ1v) is 9.00. The van der Waals surface area contributed by atoms with E-state index >= 15 is 0 Å². The Balaban J connectivity index is 1.91. The van der Waals surface area contributed by atoms with Gasteiger partial charge in [-0.25, -0.2) is 8.42 Å². The van der Waals surface area contributed by atoms with Crippen LogP contribution in [0.15, 0.2) is 24.3 Å². The van der Waals surface area contributed by atoms with Crippen LogP contribution in [0.2, 0.25) is 0 Å². The molecular weight excluding hydrogens is 306 g/mol. The fourth-order valence-corrected chi connectivity index (χ4v) is 2.79. The number of rotatable bonds is 6. The molecule has 122 valence electrons. The van der Waals surface area contributed by atoms with Crippen molar-refractivity contribution >= 4 is 21.6 Å². The van der Waals surface area contributed by atoms with E-state index in [9.17, 15) is 13.2 Å². The van der Waals surface area contributed by atoms with Crippen LogP contribution in [0.4, 0.5) is 5.69 Å². The van der Waals surface area contributed by atoms with Crippen LogP contribution in [0.5, 0.6) is 0 Å². The molecule has 0 atom stereocenters. The minimum atomic E-state index is -3.42. The lowest BCUT2D eigenvalue weighted by atomic mass is 10.1. The number of amides is 1. The van der Waals surface area contributed by atoms with Crippen LogP contribution in [0.3, 0.4) is 0 Å². The molecular formula is C14H21N3O4S. The van der Waals surface area contributed by atoms with Crippen LogP contribution in [0, 0.1) is 0 Å². The summed E-state index contributed by atoms with van der Waals surface area (Å²) < 4.78 is 30.3. The standard InChI is InChI=1S/C14H21N3O4S/c1-22(19,20)16-13-5-3-2-4-12(13)14(18)15-6-7-17-8-10-21-11-9-17/h2-5,16H,6-11H2,1H3,(H,15,18). The van der Waals surface area contributed by atoms with E-state index < -0.39 is 10.0 Å². The van der Waals surface area contributed by atoms with Gasteiger partial charge in [0, 0.05) is 26.2 Å². The van der Waals surface area contributed by atoms with Crippen molar-refractivity contribution < 1.29 is 17.9 Å². The zero-order valence-electron chi connectivity index (χ0n) is 12.5. The molecule has 0 radical (unpaired) electrons. The molecule has 1 aromatic carbocycles. The highest BCUT2D eigenvalue weighted by molar-refractivity contribution is 7.92. The molecule has 8 heteroatoms. The molecule has 0 aliphatic carbocycles. The van der Waals surface area contributed by atoms with Crippen molar-refractivity contribution in [3.63, 3.8) is 0 Å². The van der Waals surface area contributed by atoms with Crippen molar-refractivity contribution in [2.75, 3.05) is 50.4 Å². The lowest BCUT2D eigenvalue weighted by Gasteiger charge is -2.26. The minimum Gasteiger partial charge on any atom is -0.379 e. The van der Waals surface area contributed by atoms with Crippen molar-refractivity contribution in [2.24, 2.45) is 0 Å². The topological polar surface area (TPSA) is 87.7 Å². The van der Waals surface area contributed by atoms with Gasteiger partial charge < -0.3 is 10.1 Å². The normalized spacial score (nSPS) is 16.2. The van der Waals surface area contributed by atoms with Gasteiger partial charge in [-0.15, -0.1) is 0 Å². The first kappa shape index (κ1) is 16.7. The molecule has 1 aliphatic heterocycles. The summed E-state index contributed by atoms with van der Waals surface area (Å²) in [6.45, 7) is 4.41. The molecule has 1 saturated heterocycles. The number of nitrogens with zero attached hydrogens (tertiary/aromatic N) is 1. The highest BCUT2D eigenvalue weighted by Crippen LogP contribution is 2.15. The zero-order valence-corrected chi connectivity index (χ0v) is 13.4. The Kier molecular flexibility index (Phi) is 5.76. The van der Waals surface area contributed by atoms with Crippen molar-refractivity contribution in [1.29, 1.82) is 0 Å². The monoisotopic (exact) mass is 327 g/mol. The van der Waals surface area contributed by atoms with E-state index in [1.54, 1.807) is 24.3 Å². The van der Waals surface area contributed by atoms with Crippen molar-refractivity contribution in [2.45, 2.75) is 0 Å². The molecule has 1 amide bonds. The Hall–Kier alpha value is -1.64. The Morgan fingerprint density at radius 2 is 1.95 bits per heavy atom. The second kappa shape index (κ2) is 7.57. The SMILES string of the molecule is CS(=O)(=O)Nc1ccccc1C(=O)NCCN1CCOCC1. The molecule has 1 aromatic rings. The predicted octanol–water partition coefficient (Wildman–Crippen LogP) is 0.120. The summed E-state index contributed by atoms with van der Waals surface area (Å²) >= 11 is 0. The quantitative estimate of drug-likeness (QED) is 0.775. The average Bonchev–Trinajstić information content (AvgIpc) is 2.47. The number of anilines is 1. The van der Waals surface area contributed by atoms with E-state index in [1.807, 2.05) is 0 Å². The first-order chi connectivity index (χ1) is 10.5. The smallest absolute Gasteiger partial charge is 0.253 e. The van der Waals surface area contributed by atoms with E-state index in [4.69, 9.17) is 4.74 Å². The maximum absolute atomic E-state index is 12.2. The number of hydrogen-bond acceptors (Lipinski definition) is 5. The molecule has 0 saturated carbocycles. The maximum Gasteiger partial charge on any atom is 0.253 e. The molecule has 22 heavy (non-hydrogen) atoms. The third kappa shape index (κ3) is 5.28. The van der Waals surface area contributed by atoms with Crippen LogP contribution in [-0.4, -0.2) is 64.9 Å². The molecule has 0 aromatic heterocycles. The molecule has 1 aliphatic rings. The lowest BCUT2D eigenvalue weighted by molar-refractivity contribution is 0.0383. The number of sulfonamides is 1. The molecule has 1 fully saturated rings. The van der Waals surface area contributed by atoms with Gasteiger partial charge in [0.2, 0.25) is 10.0 Å². The number of ether oxygens (including phenoxy) is 1. The fourth-order valence-electron chi connectivity index (χ4n) is 2.22. The number of benzene rings is 1. The molecule has 1 heterocycles. The largest absolute Gasteiger partial charge is 0.379 e. The maximum atomic E-state index is 12.2. The summed E-state index contributed by atoms with van der Waals surface area (Å²) in [5.74, 6) is -0.292. The zero-order chi connectivity index (χ0) is 16.0. The van der Waals surface area contributed by atoms with Crippen LogP contribution < -0.4 is 10.0 Å². The Bertz CT molecular complexity index is 612. The number of morpholine rings is 1. The summed E-state index contributed by atoms with van der Waals surface area (Å²) in [6, 6.07) is 6.54.